The molecule has 0 saturated carbocycles. The van der Waals surface area contributed by atoms with E-state index in [0.29, 0.717) is 0 Å². The van der Waals surface area contributed by atoms with Crippen molar-refractivity contribution < 1.29 is 24.5 Å². The average Bonchev–Trinajstić information content (AvgIpc) is 3.71. The molecular formula is C42H32IrN4OSi-2. The van der Waals surface area contributed by atoms with Crippen molar-refractivity contribution in [2.75, 3.05) is 0 Å². The molecule has 1 radical (unpaired) electrons. The van der Waals surface area contributed by atoms with Crippen LogP contribution in [0.5, 0.6) is 0 Å². The van der Waals surface area contributed by atoms with Gasteiger partial charge in [0.1, 0.15) is 5.58 Å². The Kier molecular flexibility index (Phi) is 8.82. The van der Waals surface area contributed by atoms with E-state index in [0.717, 1.165) is 72.2 Å². The fourth-order valence-electron chi connectivity index (χ4n) is 6.12. The number of furan rings is 1. The van der Waals surface area contributed by atoms with E-state index < -0.39 is 8.07 Å². The fraction of sp³-hybridized carbons (Fsp3) is 0.0714. The van der Waals surface area contributed by atoms with Crippen LogP contribution >= 0.6 is 0 Å². The fourth-order valence-corrected chi connectivity index (χ4v) is 7.27. The van der Waals surface area contributed by atoms with Crippen LogP contribution < -0.4 is 5.19 Å². The van der Waals surface area contributed by atoms with Crippen molar-refractivity contribution in [1.82, 2.24) is 19.5 Å². The first kappa shape index (κ1) is 32.3. The van der Waals surface area contributed by atoms with Crippen LogP contribution in [-0.4, -0.2) is 27.6 Å². The van der Waals surface area contributed by atoms with Gasteiger partial charge >= 0.3 is 0 Å². The summed E-state index contributed by atoms with van der Waals surface area (Å²) in [5, 5.41) is 4.61. The van der Waals surface area contributed by atoms with Crippen molar-refractivity contribution >= 4 is 57.1 Å². The van der Waals surface area contributed by atoms with E-state index in [9.17, 15) is 0 Å². The predicted octanol–water partition coefficient (Wildman–Crippen LogP) is 10.0. The van der Waals surface area contributed by atoms with Crippen LogP contribution in [0.2, 0.25) is 19.6 Å². The maximum absolute atomic E-state index is 6.57. The molecule has 0 aliphatic carbocycles. The first-order valence-corrected chi connectivity index (χ1v) is 19.5. The van der Waals surface area contributed by atoms with Gasteiger partial charge in [-0.3, -0.25) is 9.97 Å². The molecule has 0 aliphatic heterocycles. The monoisotopic (exact) mass is 829 g/mol. The molecule has 4 heterocycles. The molecule has 9 aromatic rings. The van der Waals surface area contributed by atoms with Gasteiger partial charge in [-0.15, -0.1) is 54.1 Å². The normalized spacial score (nSPS) is 11.4. The quantitative estimate of drug-likeness (QED) is 0.131. The molecule has 49 heavy (non-hydrogen) atoms. The van der Waals surface area contributed by atoms with Crippen LogP contribution in [0.15, 0.2) is 144 Å². The van der Waals surface area contributed by atoms with Crippen LogP contribution in [0.25, 0.3) is 72.2 Å². The topological polar surface area (TPSA) is 56.7 Å². The second-order valence-corrected chi connectivity index (χ2v) is 17.8. The van der Waals surface area contributed by atoms with E-state index >= 15 is 0 Å². The zero-order valence-electron chi connectivity index (χ0n) is 27.3. The molecule has 0 amide bonds. The molecule has 0 unspecified atom stereocenters. The minimum Gasteiger partial charge on any atom is -0.501 e. The average molecular weight is 829 g/mol. The van der Waals surface area contributed by atoms with Gasteiger partial charge in [0.25, 0.3) is 0 Å². The Morgan fingerprint density at radius 3 is 2.27 bits per heavy atom. The van der Waals surface area contributed by atoms with Gasteiger partial charge in [0, 0.05) is 42.8 Å². The number of hydrogen-bond acceptors (Lipinski definition) is 4. The van der Waals surface area contributed by atoms with Crippen molar-refractivity contribution in [1.29, 1.82) is 0 Å². The number of fused-ring (bicyclic) bond motifs is 6. The summed E-state index contributed by atoms with van der Waals surface area (Å²) in [7, 11) is -1.47. The van der Waals surface area contributed by atoms with E-state index in [-0.39, 0.29) is 20.1 Å². The number of nitrogens with zero attached hydrogens (tertiary/aromatic N) is 4. The zero-order chi connectivity index (χ0) is 32.7. The van der Waals surface area contributed by atoms with E-state index in [1.165, 1.54) is 5.19 Å². The van der Waals surface area contributed by atoms with Crippen LogP contribution in [0.1, 0.15) is 0 Å². The van der Waals surface area contributed by atoms with Crippen molar-refractivity contribution in [2.45, 2.75) is 19.6 Å². The molecule has 241 valence electrons. The molecule has 0 spiro atoms. The Bertz CT molecular complexity index is 2500. The Morgan fingerprint density at radius 1 is 0.694 bits per heavy atom. The third kappa shape index (κ3) is 6.13. The standard InChI is InChI=1S/C31H24N3OSi.C11H8N.Ir/c1-36(2,3)21-16-17-22-23-13-9-14-25(30(23)35-28(22)18-21)31-33-29-24-12-7-8-15-26(24)32-19-27(29)34(31)20-10-5-4-6-11-20;1-2-6-10(7-3-1)11-8-4-5-9-12-11;/h4-13,15-19H,1-3H3;1-6,8-9H;/q2*-1;. The number of imidazole rings is 1. The summed E-state index contributed by atoms with van der Waals surface area (Å²) in [4.78, 5) is 14.2. The summed E-state index contributed by atoms with van der Waals surface area (Å²) >= 11 is 0. The Morgan fingerprint density at radius 2 is 1.49 bits per heavy atom. The Hall–Kier alpha value is -5.20. The predicted molar refractivity (Wildman–Crippen MR) is 199 cm³/mol. The van der Waals surface area contributed by atoms with Gasteiger partial charge in [-0.25, -0.2) is 0 Å². The van der Waals surface area contributed by atoms with E-state index in [2.05, 4.69) is 83.8 Å². The van der Waals surface area contributed by atoms with Crippen LogP contribution in [0.3, 0.4) is 0 Å². The summed E-state index contributed by atoms with van der Waals surface area (Å²) < 4.78 is 8.74. The van der Waals surface area contributed by atoms with Crippen molar-refractivity contribution in [3.8, 4) is 28.3 Å². The molecule has 0 aliphatic rings. The van der Waals surface area contributed by atoms with Gasteiger partial charge in [0.15, 0.2) is 0 Å². The summed E-state index contributed by atoms with van der Waals surface area (Å²) in [6, 6.07) is 49.5. The van der Waals surface area contributed by atoms with E-state index in [1.54, 1.807) is 6.20 Å². The van der Waals surface area contributed by atoms with Gasteiger partial charge < -0.3 is 14.0 Å². The van der Waals surface area contributed by atoms with E-state index in [4.69, 9.17) is 14.4 Å². The molecule has 5 aromatic carbocycles. The Balaban J connectivity index is 0.000000246. The van der Waals surface area contributed by atoms with Crippen molar-refractivity contribution in [3.63, 3.8) is 0 Å². The number of para-hydroxylation sites is 2. The zero-order valence-corrected chi connectivity index (χ0v) is 30.7. The number of benzene rings is 5. The third-order valence-electron chi connectivity index (χ3n) is 8.59. The van der Waals surface area contributed by atoms with Gasteiger partial charge in [-0.05, 0) is 36.0 Å². The van der Waals surface area contributed by atoms with Crippen LogP contribution in [0, 0.1) is 12.1 Å². The summed E-state index contributed by atoms with van der Waals surface area (Å²) in [6.07, 6.45) is 3.70. The smallest absolute Gasteiger partial charge is 0.120 e. The molecule has 0 saturated heterocycles. The summed E-state index contributed by atoms with van der Waals surface area (Å²) in [5.74, 6) is 0.796. The number of pyridine rings is 2. The molecular weight excluding hydrogens is 797 g/mol. The van der Waals surface area contributed by atoms with Gasteiger partial charge in [-0.1, -0.05) is 96.4 Å². The second kappa shape index (κ2) is 13.4. The number of rotatable bonds is 4. The van der Waals surface area contributed by atoms with Crippen LogP contribution in [-0.2, 0) is 20.1 Å². The number of hydrogen-bond donors (Lipinski definition) is 0. The third-order valence-corrected chi connectivity index (χ3v) is 10.6. The molecule has 0 bridgehead atoms. The SMILES string of the molecule is C[Si](C)(C)c1ccc2c(c1)oc1c(-c3nc4c5ccccc5ncc4n3-c3ccccc3)[c-]ccc12.[Ir].[c-]1ccccc1-c1ccccn1. The van der Waals surface area contributed by atoms with Crippen molar-refractivity contribution in [3.05, 3.63) is 152 Å². The number of aromatic nitrogens is 4. The van der Waals surface area contributed by atoms with E-state index in [1.807, 2.05) is 91.1 Å². The maximum atomic E-state index is 6.57. The van der Waals surface area contributed by atoms with Crippen LogP contribution in [0.4, 0.5) is 0 Å². The first-order valence-electron chi connectivity index (χ1n) is 16.0. The van der Waals surface area contributed by atoms with Gasteiger partial charge in [-0.2, -0.15) is 0 Å². The molecule has 7 heteroatoms. The van der Waals surface area contributed by atoms with Gasteiger partial charge in [0.05, 0.1) is 42.2 Å². The van der Waals surface area contributed by atoms with Gasteiger partial charge in [0.2, 0.25) is 0 Å². The summed E-state index contributed by atoms with van der Waals surface area (Å²) in [6.45, 7) is 7.07. The largest absolute Gasteiger partial charge is 0.501 e. The summed E-state index contributed by atoms with van der Waals surface area (Å²) in [5.41, 5.74) is 8.41. The minimum absolute atomic E-state index is 0. The molecule has 5 nitrogen and oxygen atoms in total. The molecule has 0 atom stereocenters. The first-order chi connectivity index (χ1) is 23.5. The Labute approximate surface area is 299 Å². The molecule has 9 rings (SSSR count). The molecule has 0 N–H and O–H groups in total. The van der Waals surface area contributed by atoms with Crippen molar-refractivity contribution in [2.24, 2.45) is 0 Å². The second-order valence-electron chi connectivity index (χ2n) is 12.8. The minimum atomic E-state index is -1.47. The maximum Gasteiger partial charge on any atom is 0.120 e. The molecule has 4 aromatic heterocycles. The molecule has 0 fully saturated rings.